The fraction of sp³-hybridized carbons (Fsp3) is 0.278. The number of esters is 1. The molecule has 0 radical (unpaired) electrons. The zero-order valence-electron chi connectivity index (χ0n) is 13.3. The molecule has 1 aromatic carbocycles. The molecule has 1 aliphatic heterocycles. The van der Waals surface area contributed by atoms with Crippen LogP contribution >= 0.6 is 0 Å². The summed E-state index contributed by atoms with van der Waals surface area (Å²) in [5.41, 5.74) is 2.04. The number of fused-ring (bicyclic) bond motifs is 1. The second-order valence-electron chi connectivity index (χ2n) is 5.48. The van der Waals surface area contributed by atoms with E-state index in [0.29, 0.717) is 24.4 Å². The van der Waals surface area contributed by atoms with Crippen molar-refractivity contribution < 1.29 is 18.7 Å². The maximum atomic E-state index is 13.9. The predicted molar refractivity (Wildman–Crippen MR) is 86.6 cm³/mol. The van der Waals surface area contributed by atoms with Crippen molar-refractivity contribution in [3.63, 3.8) is 0 Å². The molecule has 6 heteroatoms. The number of aryl methyl sites for hydroxylation is 1. The minimum absolute atomic E-state index is 0.00711. The normalized spacial score (nSPS) is 13.3. The van der Waals surface area contributed by atoms with Crippen LogP contribution < -0.4 is 4.90 Å². The third-order valence-corrected chi connectivity index (χ3v) is 3.96. The van der Waals surface area contributed by atoms with E-state index >= 15 is 0 Å². The van der Waals surface area contributed by atoms with Gasteiger partial charge in [0.15, 0.2) is 5.82 Å². The van der Waals surface area contributed by atoms with E-state index in [1.807, 2.05) is 0 Å². The zero-order valence-corrected chi connectivity index (χ0v) is 13.3. The lowest BCUT2D eigenvalue weighted by Crippen LogP contribution is -2.36. The molecule has 2 aromatic rings. The summed E-state index contributed by atoms with van der Waals surface area (Å²) >= 11 is 0. The number of ether oxygens (including phenoxy) is 1. The molecule has 5 nitrogen and oxygen atoms in total. The summed E-state index contributed by atoms with van der Waals surface area (Å²) in [6, 6.07) is 6.47. The van der Waals surface area contributed by atoms with Gasteiger partial charge in [0.1, 0.15) is 0 Å². The second kappa shape index (κ2) is 6.78. The van der Waals surface area contributed by atoms with Gasteiger partial charge in [0, 0.05) is 18.4 Å². The standard InChI is InChI=1S/C18H17FN2O3/c1-2-24-18(23)13-5-6-16-12(10-13)4-3-9-21(16)17(22)14-7-8-20-11-15(14)19/h5-8,10-11H,2-4,9H2,1H3. The topological polar surface area (TPSA) is 59.5 Å². The van der Waals surface area contributed by atoms with Gasteiger partial charge in [-0.05, 0) is 49.6 Å². The van der Waals surface area contributed by atoms with Crippen LogP contribution in [0.5, 0.6) is 0 Å². The van der Waals surface area contributed by atoms with E-state index in [9.17, 15) is 14.0 Å². The Bertz CT molecular complexity index is 792. The van der Waals surface area contributed by atoms with Crippen LogP contribution in [-0.2, 0) is 11.2 Å². The molecule has 1 amide bonds. The first kappa shape index (κ1) is 16.1. The number of carbonyl (C=O) groups is 2. The van der Waals surface area contributed by atoms with Crippen molar-refractivity contribution in [1.82, 2.24) is 4.98 Å². The van der Waals surface area contributed by atoms with E-state index in [2.05, 4.69) is 4.98 Å². The maximum Gasteiger partial charge on any atom is 0.338 e. The fourth-order valence-electron chi connectivity index (χ4n) is 2.84. The van der Waals surface area contributed by atoms with E-state index in [1.165, 1.54) is 12.3 Å². The number of rotatable bonds is 3. The lowest BCUT2D eigenvalue weighted by molar-refractivity contribution is 0.0526. The maximum absolute atomic E-state index is 13.9. The monoisotopic (exact) mass is 328 g/mol. The molecule has 0 unspecified atom stereocenters. The molecular weight excluding hydrogens is 311 g/mol. The van der Waals surface area contributed by atoms with Gasteiger partial charge in [-0.3, -0.25) is 9.78 Å². The molecule has 1 aromatic heterocycles. The summed E-state index contributed by atoms with van der Waals surface area (Å²) in [5, 5.41) is 0. The Morgan fingerprint density at radius 2 is 2.17 bits per heavy atom. The number of pyridine rings is 1. The smallest absolute Gasteiger partial charge is 0.338 e. The molecule has 0 saturated carbocycles. The highest BCUT2D eigenvalue weighted by Crippen LogP contribution is 2.30. The Morgan fingerprint density at radius 1 is 1.33 bits per heavy atom. The third-order valence-electron chi connectivity index (χ3n) is 3.96. The molecule has 124 valence electrons. The second-order valence-corrected chi connectivity index (χ2v) is 5.48. The zero-order chi connectivity index (χ0) is 17.1. The van der Waals surface area contributed by atoms with E-state index in [0.717, 1.165) is 24.6 Å². The van der Waals surface area contributed by atoms with Crippen molar-refractivity contribution in [2.45, 2.75) is 19.8 Å². The molecule has 0 saturated heterocycles. The minimum atomic E-state index is -0.641. The average molecular weight is 328 g/mol. The van der Waals surface area contributed by atoms with E-state index in [-0.39, 0.29) is 11.5 Å². The molecular formula is C18H17FN2O3. The first-order chi connectivity index (χ1) is 11.6. The highest BCUT2D eigenvalue weighted by atomic mass is 19.1. The van der Waals surface area contributed by atoms with Crippen LogP contribution in [0.2, 0.25) is 0 Å². The van der Waals surface area contributed by atoms with Crippen LogP contribution in [0.1, 0.15) is 39.6 Å². The number of aromatic nitrogens is 1. The van der Waals surface area contributed by atoms with Crippen LogP contribution in [0.3, 0.4) is 0 Å². The third kappa shape index (κ3) is 2.99. The van der Waals surface area contributed by atoms with E-state index < -0.39 is 11.7 Å². The lowest BCUT2D eigenvalue weighted by atomic mass is 9.98. The number of anilines is 1. The van der Waals surface area contributed by atoms with E-state index in [1.54, 1.807) is 30.0 Å². The highest BCUT2D eigenvalue weighted by Gasteiger charge is 2.26. The number of halogens is 1. The highest BCUT2D eigenvalue weighted by molar-refractivity contribution is 6.07. The summed E-state index contributed by atoms with van der Waals surface area (Å²) in [6.45, 7) is 2.56. The van der Waals surface area contributed by atoms with Crippen molar-refractivity contribution in [2.75, 3.05) is 18.1 Å². The first-order valence-corrected chi connectivity index (χ1v) is 7.83. The summed E-state index contributed by atoms with van der Waals surface area (Å²) < 4.78 is 18.9. The molecule has 0 N–H and O–H groups in total. The summed E-state index contributed by atoms with van der Waals surface area (Å²) in [7, 11) is 0. The molecule has 0 spiro atoms. The summed E-state index contributed by atoms with van der Waals surface area (Å²) in [5.74, 6) is -1.43. The van der Waals surface area contributed by atoms with Gasteiger partial charge in [0.05, 0.1) is 23.9 Å². The first-order valence-electron chi connectivity index (χ1n) is 7.83. The van der Waals surface area contributed by atoms with Gasteiger partial charge in [-0.1, -0.05) is 0 Å². The van der Waals surface area contributed by atoms with Gasteiger partial charge in [0.25, 0.3) is 5.91 Å². The molecule has 0 bridgehead atoms. The predicted octanol–water partition coefficient (Wildman–Crippen LogP) is 2.99. The molecule has 0 fully saturated rings. The number of hydrogen-bond donors (Lipinski definition) is 0. The molecule has 0 aliphatic carbocycles. The fourth-order valence-corrected chi connectivity index (χ4v) is 2.84. The Labute approximate surface area is 139 Å². The summed E-state index contributed by atoms with van der Waals surface area (Å²) in [6.07, 6.45) is 3.93. The number of nitrogens with zero attached hydrogens (tertiary/aromatic N) is 2. The molecule has 1 aliphatic rings. The molecule has 24 heavy (non-hydrogen) atoms. The molecule has 0 atom stereocenters. The number of benzene rings is 1. The van der Waals surface area contributed by atoms with Gasteiger partial charge in [-0.25, -0.2) is 9.18 Å². The molecule has 3 rings (SSSR count). The summed E-state index contributed by atoms with van der Waals surface area (Å²) in [4.78, 5) is 29.7. The van der Waals surface area contributed by atoms with Gasteiger partial charge in [-0.15, -0.1) is 0 Å². The van der Waals surface area contributed by atoms with Crippen molar-refractivity contribution >= 4 is 17.6 Å². The average Bonchev–Trinajstić information content (AvgIpc) is 2.61. The molecule has 2 heterocycles. The number of hydrogen-bond acceptors (Lipinski definition) is 4. The Balaban J connectivity index is 1.93. The van der Waals surface area contributed by atoms with Crippen molar-refractivity contribution in [3.8, 4) is 0 Å². The SMILES string of the molecule is CCOC(=O)c1ccc2c(c1)CCCN2C(=O)c1ccncc1F. The van der Waals surface area contributed by atoms with Crippen LogP contribution in [0.15, 0.2) is 36.7 Å². The lowest BCUT2D eigenvalue weighted by Gasteiger charge is -2.30. The number of carbonyl (C=O) groups excluding carboxylic acids is 2. The van der Waals surface area contributed by atoms with Gasteiger partial charge >= 0.3 is 5.97 Å². The Hall–Kier alpha value is -2.76. The minimum Gasteiger partial charge on any atom is -0.462 e. The Kier molecular flexibility index (Phi) is 4.55. The number of amides is 1. The van der Waals surface area contributed by atoms with Crippen LogP contribution in [0.25, 0.3) is 0 Å². The largest absolute Gasteiger partial charge is 0.462 e. The Morgan fingerprint density at radius 3 is 2.92 bits per heavy atom. The van der Waals surface area contributed by atoms with Crippen molar-refractivity contribution in [2.24, 2.45) is 0 Å². The van der Waals surface area contributed by atoms with E-state index in [4.69, 9.17) is 4.74 Å². The van der Waals surface area contributed by atoms with Gasteiger partial charge in [-0.2, -0.15) is 0 Å². The quantitative estimate of drug-likeness (QED) is 0.813. The van der Waals surface area contributed by atoms with Gasteiger partial charge < -0.3 is 9.64 Å². The van der Waals surface area contributed by atoms with Crippen LogP contribution in [-0.4, -0.2) is 30.0 Å². The van der Waals surface area contributed by atoms with Gasteiger partial charge in [0.2, 0.25) is 0 Å². The van der Waals surface area contributed by atoms with Crippen LogP contribution in [0, 0.1) is 5.82 Å². The van der Waals surface area contributed by atoms with Crippen molar-refractivity contribution in [1.29, 1.82) is 0 Å². The van der Waals surface area contributed by atoms with Crippen molar-refractivity contribution in [3.05, 3.63) is 59.2 Å². The van der Waals surface area contributed by atoms with Crippen LogP contribution in [0.4, 0.5) is 10.1 Å².